The maximum Gasteiger partial charge on any atom is 0.0705 e. The van der Waals surface area contributed by atoms with Gasteiger partial charge in [-0.15, -0.1) is 0 Å². The highest BCUT2D eigenvalue weighted by Crippen LogP contribution is 2.22. The Morgan fingerprint density at radius 3 is 2.82 bits per heavy atom. The molecule has 0 saturated carbocycles. The fourth-order valence-electron chi connectivity index (χ4n) is 1.65. The van der Waals surface area contributed by atoms with Crippen molar-refractivity contribution in [2.24, 2.45) is 0 Å². The third kappa shape index (κ3) is 2.87. The predicted octanol–water partition coefficient (Wildman–Crippen LogP) is 3.02. The Bertz CT molecular complexity index is 477. The Morgan fingerprint density at radius 2 is 2.18 bits per heavy atom. The van der Waals surface area contributed by atoms with E-state index < -0.39 is 0 Å². The summed E-state index contributed by atoms with van der Waals surface area (Å²) in [6, 6.07) is 8.21. The van der Waals surface area contributed by atoms with E-state index in [9.17, 15) is 0 Å². The standard InChI is InChI=1S/C13H16ClN3/c1-10(2)15-9-11-12(14)5-3-6-13(11)17-8-4-7-16-17/h3-8,10,15H,9H2,1-2H3. The molecule has 0 atom stereocenters. The summed E-state index contributed by atoms with van der Waals surface area (Å²) < 4.78 is 1.84. The number of hydrogen-bond acceptors (Lipinski definition) is 2. The lowest BCUT2D eigenvalue weighted by Gasteiger charge is -2.14. The van der Waals surface area contributed by atoms with E-state index in [0.717, 1.165) is 22.8 Å². The zero-order valence-electron chi connectivity index (χ0n) is 10.0. The van der Waals surface area contributed by atoms with Crippen LogP contribution in [0.3, 0.4) is 0 Å². The van der Waals surface area contributed by atoms with Crippen LogP contribution in [0.5, 0.6) is 0 Å². The Kier molecular flexibility index (Phi) is 3.82. The fraction of sp³-hybridized carbons (Fsp3) is 0.308. The van der Waals surface area contributed by atoms with E-state index in [2.05, 4.69) is 24.3 Å². The molecule has 1 heterocycles. The SMILES string of the molecule is CC(C)NCc1c(Cl)cccc1-n1cccn1. The number of halogens is 1. The summed E-state index contributed by atoms with van der Waals surface area (Å²) in [4.78, 5) is 0. The summed E-state index contributed by atoms with van der Waals surface area (Å²) in [6.45, 7) is 4.97. The number of hydrogen-bond donors (Lipinski definition) is 1. The van der Waals surface area contributed by atoms with Gasteiger partial charge in [-0.3, -0.25) is 0 Å². The zero-order chi connectivity index (χ0) is 12.3. The lowest BCUT2D eigenvalue weighted by Crippen LogP contribution is -2.23. The van der Waals surface area contributed by atoms with Gasteiger partial charge in [-0.05, 0) is 18.2 Å². The molecule has 4 heteroatoms. The molecule has 0 aliphatic rings. The summed E-state index contributed by atoms with van der Waals surface area (Å²) in [7, 11) is 0. The molecule has 0 aliphatic heterocycles. The molecule has 0 radical (unpaired) electrons. The minimum atomic E-state index is 0.428. The molecule has 0 spiro atoms. The largest absolute Gasteiger partial charge is 0.310 e. The van der Waals surface area contributed by atoms with E-state index in [4.69, 9.17) is 11.6 Å². The summed E-state index contributed by atoms with van der Waals surface area (Å²) in [5, 5.41) is 8.39. The third-order valence-electron chi connectivity index (χ3n) is 2.53. The van der Waals surface area contributed by atoms with Crippen LogP contribution in [0.2, 0.25) is 5.02 Å². The van der Waals surface area contributed by atoms with E-state index in [1.54, 1.807) is 6.20 Å². The van der Waals surface area contributed by atoms with E-state index in [0.29, 0.717) is 6.04 Å². The van der Waals surface area contributed by atoms with Gasteiger partial charge in [0.1, 0.15) is 0 Å². The maximum atomic E-state index is 6.25. The highest BCUT2D eigenvalue weighted by atomic mass is 35.5. The van der Waals surface area contributed by atoms with Crippen molar-refractivity contribution >= 4 is 11.6 Å². The topological polar surface area (TPSA) is 29.9 Å². The molecule has 0 aliphatic carbocycles. The number of nitrogens with one attached hydrogen (secondary N) is 1. The minimum Gasteiger partial charge on any atom is -0.310 e. The summed E-state index contributed by atoms with van der Waals surface area (Å²) in [5.74, 6) is 0. The first-order valence-corrected chi connectivity index (χ1v) is 6.07. The molecule has 2 rings (SSSR count). The van der Waals surface area contributed by atoms with Crippen LogP contribution in [0.25, 0.3) is 5.69 Å². The monoisotopic (exact) mass is 249 g/mol. The number of aromatic nitrogens is 2. The van der Waals surface area contributed by atoms with Crippen LogP contribution in [0.1, 0.15) is 19.4 Å². The molecule has 0 saturated heterocycles. The van der Waals surface area contributed by atoms with Gasteiger partial charge in [0.25, 0.3) is 0 Å². The number of rotatable bonds is 4. The molecule has 1 aromatic heterocycles. The van der Waals surface area contributed by atoms with Gasteiger partial charge >= 0.3 is 0 Å². The van der Waals surface area contributed by atoms with Crippen LogP contribution < -0.4 is 5.32 Å². The Morgan fingerprint density at radius 1 is 1.35 bits per heavy atom. The van der Waals surface area contributed by atoms with Crippen LogP contribution in [-0.2, 0) is 6.54 Å². The first kappa shape index (κ1) is 12.1. The van der Waals surface area contributed by atoms with E-state index in [-0.39, 0.29) is 0 Å². The predicted molar refractivity (Wildman–Crippen MR) is 70.5 cm³/mol. The molecular weight excluding hydrogens is 234 g/mol. The van der Waals surface area contributed by atoms with Crippen LogP contribution >= 0.6 is 11.6 Å². The summed E-state index contributed by atoms with van der Waals surface area (Å²) in [5.41, 5.74) is 2.10. The van der Waals surface area contributed by atoms with E-state index >= 15 is 0 Å². The van der Waals surface area contributed by atoms with Crippen molar-refractivity contribution in [3.05, 3.63) is 47.2 Å². The van der Waals surface area contributed by atoms with Crippen molar-refractivity contribution < 1.29 is 0 Å². The molecule has 2 aromatic rings. The molecule has 0 fully saturated rings. The second-order valence-corrected chi connectivity index (χ2v) is 4.63. The van der Waals surface area contributed by atoms with Gasteiger partial charge in [-0.1, -0.05) is 31.5 Å². The fourth-order valence-corrected chi connectivity index (χ4v) is 1.89. The highest BCUT2D eigenvalue weighted by molar-refractivity contribution is 6.31. The number of benzene rings is 1. The normalized spacial score (nSPS) is 11.1. The van der Waals surface area contributed by atoms with Gasteiger partial charge in [0, 0.05) is 35.6 Å². The summed E-state index contributed by atoms with van der Waals surface area (Å²) in [6.07, 6.45) is 3.69. The second kappa shape index (κ2) is 5.34. The lowest BCUT2D eigenvalue weighted by molar-refractivity contribution is 0.586. The molecule has 17 heavy (non-hydrogen) atoms. The Hall–Kier alpha value is -1.32. The molecular formula is C13H16ClN3. The smallest absolute Gasteiger partial charge is 0.0705 e. The second-order valence-electron chi connectivity index (χ2n) is 4.22. The van der Waals surface area contributed by atoms with Gasteiger partial charge in [-0.25, -0.2) is 4.68 Å². The average molecular weight is 250 g/mol. The Balaban J connectivity index is 2.35. The van der Waals surface area contributed by atoms with Crippen molar-refractivity contribution in [2.45, 2.75) is 26.4 Å². The molecule has 1 N–H and O–H groups in total. The van der Waals surface area contributed by atoms with Crippen LogP contribution in [0.15, 0.2) is 36.7 Å². The molecule has 3 nitrogen and oxygen atoms in total. The highest BCUT2D eigenvalue weighted by Gasteiger charge is 2.09. The quantitative estimate of drug-likeness (QED) is 0.903. The van der Waals surface area contributed by atoms with Crippen LogP contribution in [0.4, 0.5) is 0 Å². The van der Waals surface area contributed by atoms with Gasteiger partial charge in [0.05, 0.1) is 5.69 Å². The van der Waals surface area contributed by atoms with E-state index in [1.165, 1.54) is 0 Å². The molecule has 90 valence electrons. The van der Waals surface area contributed by atoms with Gasteiger partial charge in [0.2, 0.25) is 0 Å². The molecule has 1 aromatic carbocycles. The van der Waals surface area contributed by atoms with Gasteiger partial charge in [0.15, 0.2) is 0 Å². The van der Waals surface area contributed by atoms with Crippen molar-refractivity contribution in [1.82, 2.24) is 15.1 Å². The van der Waals surface area contributed by atoms with Crippen molar-refractivity contribution in [3.8, 4) is 5.69 Å². The third-order valence-corrected chi connectivity index (χ3v) is 2.89. The van der Waals surface area contributed by atoms with Gasteiger partial charge in [-0.2, -0.15) is 5.10 Å². The van der Waals surface area contributed by atoms with Crippen molar-refractivity contribution in [3.63, 3.8) is 0 Å². The average Bonchev–Trinajstić information content (AvgIpc) is 2.80. The molecule has 0 unspecified atom stereocenters. The van der Waals surface area contributed by atoms with Crippen molar-refractivity contribution in [1.29, 1.82) is 0 Å². The van der Waals surface area contributed by atoms with Gasteiger partial charge < -0.3 is 5.32 Å². The number of nitrogens with zero attached hydrogens (tertiary/aromatic N) is 2. The zero-order valence-corrected chi connectivity index (χ0v) is 10.8. The molecule has 0 bridgehead atoms. The lowest BCUT2D eigenvalue weighted by atomic mass is 10.1. The molecule has 0 amide bonds. The maximum absolute atomic E-state index is 6.25. The minimum absolute atomic E-state index is 0.428. The summed E-state index contributed by atoms with van der Waals surface area (Å²) >= 11 is 6.25. The first-order chi connectivity index (χ1) is 8.18. The first-order valence-electron chi connectivity index (χ1n) is 5.69. The van der Waals surface area contributed by atoms with E-state index in [1.807, 2.05) is 35.1 Å². The van der Waals surface area contributed by atoms with Crippen molar-refractivity contribution in [2.75, 3.05) is 0 Å². The van der Waals surface area contributed by atoms with Crippen LogP contribution in [-0.4, -0.2) is 15.8 Å². The van der Waals surface area contributed by atoms with Crippen LogP contribution in [0, 0.1) is 0 Å². The Labute approximate surface area is 106 Å².